The number of piperazine rings is 1. The van der Waals surface area contributed by atoms with Crippen LogP contribution in [0.1, 0.15) is 71.3 Å². The summed E-state index contributed by atoms with van der Waals surface area (Å²) in [5, 5.41) is 10.1. The number of halogens is 1. The summed E-state index contributed by atoms with van der Waals surface area (Å²) in [5.41, 5.74) is 0.753. The molecule has 2 aliphatic rings. The molecule has 0 spiro atoms. The van der Waals surface area contributed by atoms with Gasteiger partial charge in [0.15, 0.2) is 0 Å². The summed E-state index contributed by atoms with van der Waals surface area (Å²) < 4.78 is 49.2. The van der Waals surface area contributed by atoms with Crippen molar-refractivity contribution in [3.63, 3.8) is 0 Å². The van der Waals surface area contributed by atoms with Crippen LogP contribution >= 0.6 is 0 Å². The lowest BCUT2D eigenvalue weighted by Gasteiger charge is -2.33. The van der Waals surface area contributed by atoms with Crippen LogP contribution in [0, 0.1) is 23.6 Å². The Morgan fingerprint density at radius 2 is 1.78 bits per heavy atom. The molecule has 256 valence electrons. The molecule has 1 saturated carbocycles. The number of nitrogens with zero attached hydrogens (tertiary/aromatic N) is 2. The first-order chi connectivity index (χ1) is 21.8. The van der Waals surface area contributed by atoms with Crippen molar-refractivity contribution in [3.05, 3.63) is 47.3 Å². The van der Waals surface area contributed by atoms with Crippen molar-refractivity contribution in [3.8, 4) is 0 Å². The van der Waals surface area contributed by atoms with Crippen LogP contribution in [0.3, 0.4) is 0 Å². The van der Waals surface area contributed by atoms with Crippen LogP contribution in [-0.4, -0.2) is 93.5 Å². The quantitative estimate of drug-likeness (QED) is 0.194. The molecule has 1 aliphatic heterocycles. The first-order valence-corrected chi connectivity index (χ1v) is 17.7. The molecule has 46 heavy (non-hydrogen) atoms. The van der Waals surface area contributed by atoms with Crippen molar-refractivity contribution in [2.24, 2.45) is 17.8 Å². The van der Waals surface area contributed by atoms with Gasteiger partial charge in [-0.1, -0.05) is 50.5 Å². The fourth-order valence-corrected chi connectivity index (χ4v) is 7.21. The highest BCUT2D eigenvalue weighted by Crippen LogP contribution is 2.27. The maximum absolute atomic E-state index is 15.1. The van der Waals surface area contributed by atoms with Crippen molar-refractivity contribution >= 4 is 34.8 Å². The summed E-state index contributed by atoms with van der Waals surface area (Å²) in [6, 6.07) is 3.64. The molecule has 10 nitrogen and oxygen atoms in total. The van der Waals surface area contributed by atoms with E-state index in [0.29, 0.717) is 37.8 Å². The van der Waals surface area contributed by atoms with Gasteiger partial charge in [-0.25, -0.2) is 22.3 Å². The third-order valence-corrected chi connectivity index (χ3v) is 10.6. The zero-order valence-corrected chi connectivity index (χ0v) is 28.3. The van der Waals surface area contributed by atoms with Crippen LogP contribution in [-0.2, 0) is 24.3 Å². The molecule has 1 heterocycles. The number of nitrogens with one attached hydrogen (secondary N) is 1. The van der Waals surface area contributed by atoms with Crippen LogP contribution < -0.4 is 4.72 Å². The first-order valence-electron chi connectivity index (χ1n) is 16.2. The number of amides is 1. The van der Waals surface area contributed by atoms with E-state index in [2.05, 4.69) is 9.62 Å². The van der Waals surface area contributed by atoms with Gasteiger partial charge in [0.2, 0.25) is 10.0 Å². The number of hydrogen-bond donors (Lipinski definition) is 2. The molecule has 3 rings (SSSR count). The SMILES string of the molecule is C/C(=C\c1ccc(S(=O)(=O)NC2CCCC2)cc1F)[C@@H](C=O)[C@@H](C)/C=C/[C@H](OC(=O)N1CCN(C)CC1)[C@@H](C)CC[C@@H](O)CC=O. The number of hydrogen-bond acceptors (Lipinski definition) is 8. The third kappa shape index (κ3) is 11.1. The number of benzene rings is 1. The lowest BCUT2D eigenvalue weighted by atomic mass is 9.86. The molecule has 2 fully saturated rings. The van der Waals surface area contributed by atoms with E-state index >= 15 is 4.39 Å². The summed E-state index contributed by atoms with van der Waals surface area (Å²) in [6.07, 6.45) is 9.09. The Labute approximate surface area is 273 Å². The molecule has 1 aliphatic carbocycles. The molecule has 2 N–H and O–H groups in total. The molecule has 1 amide bonds. The number of rotatable bonds is 16. The lowest BCUT2D eigenvalue weighted by Crippen LogP contribution is -2.48. The fraction of sp³-hybridized carbons (Fsp3) is 0.618. The molecular weight excluding hydrogens is 613 g/mol. The normalized spacial score (nSPS) is 20.3. The van der Waals surface area contributed by atoms with Gasteiger partial charge in [0.25, 0.3) is 0 Å². The third-order valence-electron chi connectivity index (χ3n) is 9.07. The lowest BCUT2D eigenvalue weighted by molar-refractivity contribution is -0.111. The van der Waals surface area contributed by atoms with Gasteiger partial charge in [-0.15, -0.1) is 0 Å². The molecule has 1 aromatic rings. The maximum Gasteiger partial charge on any atom is 0.410 e. The largest absolute Gasteiger partial charge is 0.442 e. The molecule has 0 unspecified atom stereocenters. The average molecular weight is 664 g/mol. The molecular formula is C34H50FN3O7S. The summed E-state index contributed by atoms with van der Waals surface area (Å²) >= 11 is 0. The second kappa shape index (κ2) is 17.8. The van der Waals surface area contributed by atoms with Gasteiger partial charge < -0.3 is 29.2 Å². The van der Waals surface area contributed by atoms with E-state index in [-0.39, 0.29) is 34.8 Å². The maximum atomic E-state index is 15.1. The Morgan fingerprint density at radius 3 is 2.39 bits per heavy atom. The fourth-order valence-electron chi connectivity index (χ4n) is 5.89. The topological polar surface area (TPSA) is 133 Å². The van der Waals surface area contributed by atoms with Gasteiger partial charge in [-0.2, -0.15) is 0 Å². The Balaban J connectivity index is 1.73. The molecule has 0 aromatic heterocycles. The van der Waals surface area contributed by atoms with Gasteiger partial charge in [-0.3, -0.25) is 0 Å². The second-order valence-corrected chi connectivity index (χ2v) is 14.5. The molecule has 0 radical (unpaired) electrons. The first kappa shape index (κ1) is 37.5. The number of likely N-dealkylation sites (N-methyl/N-ethyl adjacent to an activating group) is 1. The minimum atomic E-state index is -3.85. The minimum absolute atomic E-state index is 0.0362. The van der Waals surface area contributed by atoms with E-state index in [1.807, 2.05) is 20.9 Å². The number of aliphatic hydroxyl groups is 1. The summed E-state index contributed by atoms with van der Waals surface area (Å²) in [4.78, 5) is 39.7. The number of allylic oxidation sites excluding steroid dienone is 2. The van der Waals surface area contributed by atoms with Gasteiger partial charge in [0.1, 0.15) is 24.5 Å². The highest BCUT2D eigenvalue weighted by molar-refractivity contribution is 7.89. The van der Waals surface area contributed by atoms with Crippen LogP contribution in [0.2, 0.25) is 0 Å². The zero-order valence-electron chi connectivity index (χ0n) is 27.4. The number of carbonyl (C=O) groups is 3. The van der Waals surface area contributed by atoms with Crippen LogP contribution in [0.25, 0.3) is 6.08 Å². The summed E-state index contributed by atoms with van der Waals surface area (Å²) in [6.45, 7) is 8.04. The van der Waals surface area contributed by atoms with Crippen LogP contribution in [0.4, 0.5) is 9.18 Å². The van der Waals surface area contributed by atoms with E-state index in [1.165, 1.54) is 12.1 Å². The highest BCUT2D eigenvalue weighted by Gasteiger charge is 2.27. The van der Waals surface area contributed by atoms with Gasteiger partial charge in [0, 0.05) is 50.1 Å². The van der Waals surface area contributed by atoms with E-state index in [9.17, 15) is 27.9 Å². The predicted molar refractivity (Wildman–Crippen MR) is 175 cm³/mol. The standard InChI is InChI=1S/C34H50FN3O7S/c1-24(10-14-33(25(2)9-12-29(41)15-20-39)45-34(42)38-18-16-37(4)17-19-38)31(23-40)26(3)21-27-11-13-30(22-32(27)35)46(43,44)36-28-7-5-6-8-28/h10-11,13-14,20-25,28-29,31,33,36,41H,5-9,12,15-19H2,1-4H3/b14-10+,26-21+/t24-,25-,29+,31-,33-/m0/s1. The monoisotopic (exact) mass is 663 g/mol. The van der Waals surface area contributed by atoms with Gasteiger partial charge >= 0.3 is 6.09 Å². The Bertz CT molecular complexity index is 1340. The molecule has 0 bridgehead atoms. The van der Waals surface area contributed by atoms with Gasteiger partial charge in [-0.05, 0) is 69.7 Å². The molecule has 5 atom stereocenters. The number of ether oxygens (including phenoxy) is 1. The second-order valence-electron chi connectivity index (χ2n) is 12.8. The molecule has 1 saturated heterocycles. The smallest absolute Gasteiger partial charge is 0.410 e. The Hall–Kier alpha value is -2.93. The minimum Gasteiger partial charge on any atom is -0.442 e. The van der Waals surface area contributed by atoms with Crippen molar-refractivity contribution in [1.82, 2.24) is 14.5 Å². The van der Waals surface area contributed by atoms with Crippen molar-refractivity contribution in [2.45, 2.75) is 88.9 Å². The number of aldehydes is 2. The van der Waals surface area contributed by atoms with Crippen molar-refractivity contribution in [2.75, 3.05) is 33.2 Å². The summed E-state index contributed by atoms with van der Waals surface area (Å²) in [5.74, 6) is -1.85. The van der Waals surface area contributed by atoms with Crippen LogP contribution in [0.5, 0.6) is 0 Å². The van der Waals surface area contributed by atoms with E-state index in [1.54, 1.807) is 30.1 Å². The predicted octanol–water partition coefficient (Wildman–Crippen LogP) is 4.58. The Morgan fingerprint density at radius 1 is 1.11 bits per heavy atom. The number of carbonyl (C=O) groups excluding carboxylic acids is 3. The highest BCUT2D eigenvalue weighted by atomic mass is 32.2. The Kier molecular flexibility index (Phi) is 14.6. The van der Waals surface area contributed by atoms with Crippen molar-refractivity contribution < 1.29 is 37.0 Å². The average Bonchev–Trinajstić information content (AvgIpc) is 3.52. The molecule has 1 aromatic carbocycles. The van der Waals surface area contributed by atoms with E-state index in [4.69, 9.17) is 4.74 Å². The van der Waals surface area contributed by atoms with Gasteiger partial charge in [0.05, 0.1) is 11.0 Å². The zero-order chi connectivity index (χ0) is 33.9. The molecule has 12 heteroatoms. The van der Waals surface area contributed by atoms with Crippen LogP contribution in [0.15, 0.2) is 40.8 Å². The summed E-state index contributed by atoms with van der Waals surface area (Å²) in [7, 11) is -1.85. The number of sulfonamides is 1. The number of aliphatic hydroxyl groups excluding tert-OH is 1. The van der Waals surface area contributed by atoms with Crippen molar-refractivity contribution in [1.29, 1.82) is 0 Å². The van der Waals surface area contributed by atoms with E-state index in [0.717, 1.165) is 51.1 Å². The van der Waals surface area contributed by atoms with E-state index < -0.39 is 40.1 Å².